The van der Waals surface area contributed by atoms with Crippen molar-refractivity contribution in [2.75, 3.05) is 33.8 Å². The van der Waals surface area contributed by atoms with Crippen LogP contribution in [0.3, 0.4) is 0 Å². The molecule has 38 heavy (non-hydrogen) atoms. The van der Waals surface area contributed by atoms with Crippen LogP contribution in [-0.2, 0) is 11.3 Å². The number of benzene rings is 1. The first kappa shape index (κ1) is 27.2. The molecule has 2 N–H and O–H groups in total. The van der Waals surface area contributed by atoms with E-state index in [-0.39, 0.29) is 31.3 Å². The van der Waals surface area contributed by atoms with Crippen LogP contribution in [0.25, 0.3) is 0 Å². The van der Waals surface area contributed by atoms with E-state index in [1.165, 1.54) is 22.9 Å². The average molecular weight is 525 g/mol. The third-order valence-electron chi connectivity index (χ3n) is 6.14. The Morgan fingerprint density at radius 3 is 2.87 bits per heavy atom. The predicted octanol–water partition coefficient (Wildman–Crippen LogP) is 2.44. The summed E-state index contributed by atoms with van der Waals surface area (Å²) in [4.78, 5) is 32.1. The van der Waals surface area contributed by atoms with E-state index in [2.05, 4.69) is 10.3 Å². The molecule has 2 aromatic rings. The maximum absolute atomic E-state index is 13.6. The fourth-order valence-electron chi connectivity index (χ4n) is 4.29. The number of likely N-dealkylation sites (N-methyl/N-ethyl adjacent to an activating group) is 1. The number of aliphatic hydroxyl groups excluding tert-OH is 1. The number of hydrogen-bond donors (Lipinski definition) is 2. The fraction of sp³-hybridized carbons (Fsp3) is 0.321. The minimum Gasteiger partial charge on any atom is -0.490 e. The van der Waals surface area contributed by atoms with Crippen molar-refractivity contribution in [2.24, 2.45) is 4.99 Å². The smallest absolute Gasteiger partial charge is 0.263 e. The van der Waals surface area contributed by atoms with Crippen LogP contribution in [0, 0.1) is 11.6 Å². The van der Waals surface area contributed by atoms with Crippen molar-refractivity contribution in [3.8, 4) is 0 Å². The van der Waals surface area contributed by atoms with Gasteiger partial charge in [0.2, 0.25) is 0 Å². The van der Waals surface area contributed by atoms with Crippen LogP contribution in [0.2, 0.25) is 0 Å². The third kappa shape index (κ3) is 6.70. The Morgan fingerprint density at radius 1 is 1.29 bits per heavy atom. The fourth-order valence-corrected chi connectivity index (χ4v) is 4.29. The van der Waals surface area contributed by atoms with Gasteiger partial charge in [-0.15, -0.1) is 0 Å². The first-order valence-electron chi connectivity index (χ1n) is 12.2. The summed E-state index contributed by atoms with van der Waals surface area (Å²) in [7, 11) is 3.75. The molecule has 1 aliphatic carbocycles. The molecule has 2 unspecified atom stereocenters. The number of nitrogens with zero attached hydrogens (tertiary/aromatic N) is 3. The van der Waals surface area contributed by atoms with E-state index in [0.29, 0.717) is 24.3 Å². The second-order valence-electron chi connectivity index (χ2n) is 9.47. The Balaban J connectivity index is 1.40. The van der Waals surface area contributed by atoms with Gasteiger partial charge < -0.3 is 24.6 Å². The lowest BCUT2D eigenvalue weighted by molar-refractivity contribution is 0.0554. The van der Waals surface area contributed by atoms with Crippen LogP contribution in [0.4, 0.5) is 8.78 Å². The van der Waals surface area contributed by atoms with E-state index in [1.807, 2.05) is 31.1 Å². The molecule has 1 aliphatic heterocycles. The number of aliphatic hydroxyl groups is 1. The zero-order valence-electron chi connectivity index (χ0n) is 21.2. The molecule has 0 radical (unpaired) electrons. The highest BCUT2D eigenvalue weighted by Gasteiger charge is 2.24. The second kappa shape index (κ2) is 12.1. The molecular formula is C28H30F2N4O4. The molecule has 1 aromatic carbocycles. The maximum Gasteiger partial charge on any atom is 0.263 e. The van der Waals surface area contributed by atoms with Gasteiger partial charge >= 0.3 is 0 Å². The number of hydrogen-bond acceptors (Lipinski definition) is 6. The molecule has 2 atom stereocenters. The number of nitrogens with one attached hydrogen (secondary N) is 1. The molecule has 1 amide bonds. The number of aliphatic imine (C=N–C) groups is 1. The number of aromatic nitrogens is 1. The Bertz CT molecular complexity index is 1380. The summed E-state index contributed by atoms with van der Waals surface area (Å²) >= 11 is 0. The summed E-state index contributed by atoms with van der Waals surface area (Å²) in [6.07, 6.45) is 8.80. The molecule has 10 heteroatoms. The van der Waals surface area contributed by atoms with Crippen LogP contribution < -0.4 is 10.9 Å². The first-order valence-corrected chi connectivity index (χ1v) is 12.2. The summed E-state index contributed by atoms with van der Waals surface area (Å²) in [5.74, 6) is -1.89. The lowest BCUT2D eigenvalue weighted by Crippen LogP contribution is -2.34. The molecule has 8 nitrogen and oxygen atoms in total. The van der Waals surface area contributed by atoms with Gasteiger partial charge in [0.25, 0.3) is 11.5 Å². The number of ether oxygens (including phenoxy) is 1. The number of halogens is 2. The summed E-state index contributed by atoms with van der Waals surface area (Å²) in [6.45, 7) is 0.799. The summed E-state index contributed by atoms with van der Waals surface area (Å²) in [6, 6.07) is 6.29. The highest BCUT2D eigenvalue weighted by atomic mass is 19.2. The number of amides is 1. The van der Waals surface area contributed by atoms with Crippen LogP contribution in [-0.4, -0.2) is 72.6 Å². The van der Waals surface area contributed by atoms with Crippen molar-refractivity contribution in [3.63, 3.8) is 0 Å². The Kier molecular flexibility index (Phi) is 8.65. The molecule has 4 rings (SSSR count). The molecule has 2 aliphatic rings. The largest absolute Gasteiger partial charge is 0.490 e. The van der Waals surface area contributed by atoms with Gasteiger partial charge in [-0.05, 0) is 68.1 Å². The molecule has 0 saturated carbocycles. The van der Waals surface area contributed by atoms with Gasteiger partial charge in [0.1, 0.15) is 24.0 Å². The average Bonchev–Trinajstić information content (AvgIpc) is 2.89. The Labute approximate surface area is 219 Å². The van der Waals surface area contributed by atoms with Gasteiger partial charge in [0.15, 0.2) is 11.6 Å². The highest BCUT2D eigenvalue weighted by Crippen LogP contribution is 2.29. The van der Waals surface area contributed by atoms with Crippen molar-refractivity contribution in [1.82, 2.24) is 14.8 Å². The molecule has 0 fully saturated rings. The maximum atomic E-state index is 13.6. The van der Waals surface area contributed by atoms with Crippen molar-refractivity contribution in [1.29, 1.82) is 0 Å². The van der Waals surface area contributed by atoms with Crippen LogP contribution in [0.15, 0.2) is 81.4 Å². The van der Waals surface area contributed by atoms with E-state index in [4.69, 9.17) is 4.74 Å². The molecule has 2 heterocycles. The zero-order valence-corrected chi connectivity index (χ0v) is 21.2. The van der Waals surface area contributed by atoms with Gasteiger partial charge in [-0.1, -0.05) is 12.1 Å². The molecule has 0 saturated heterocycles. The second-order valence-corrected chi connectivity index (χ2v) is 9.47. The SMILES string of the molecule is CN(C)CC(O)COC1=CC=NC2CC=C(CNC(=O)c3cccn(Cc4ccc(F)c(F)c4)c3=O)C=C12. The number of fused-ring (bicyclic) bond motifs is 1. The molecule has 0 bridgehead atoms. The molecule has 1 aromatic heterocycles. The van der Waals surface area contributed by atoms with E-state index in [9.17, 15) is 23.5 Å². The van der Waals surface area contributed by atoms with Gasteiger partial charge in [0.05, 0.1) is 12.6 Å². The van der Waals surface area contributed by atoms with E-state index in [1.54, 1.807) is 18.4 Å². The van der Waals surface area contributed by atoms with E-state index in [0.717, 1.165) is 23.3 Å². The number of dihydropyridines is 1. The van der Waals surface area contributed by atoms with Gasteiger partial charge in [-0.3, -0.25) is 14.6 Å². The molecular weight excluding hydrogens is 494 g/mol. The van der Waals surface area contributed by atoms with E-state index < -0.39 is 29.2 Å². The lowest BCUT2D eigenvalue weighted by atomic mass is 9.92. The molecule has 0 spiro atoms. The monoisotopic (exact) mass is 524 g/mol. The predicted molar refractivity (Wildman–Crippen MR) is 140 cm³/mol. The Hall–Kier alpha value is -3.89. The molecule has 200 valence electrons. The number of carbonyl (C=O) groups is 1. The van der Waals surface area contributed by atoms with Crippen molar-refractivity contribution >= 4 is 12.1 Å². The number of allylic oxidation sites excluding steroid dienone is 1. The van der Waals surface area contributed by atoms with Gasteiger partial charge in [-0.25, -0.2) is 8.78 Å². The summed E-state index contributed by atoms with van der Waals surface area (Å²) in [5.41, 5.74) is 1.50. The zero-order chi connectivity index (χ0) is 27.2. The number of rotatable bonds is 10. The highest BCUT2D eigenvalue weighted by molar-refractivity contribution is 5.94. The minimum atomic E-state index is -1.00. The third-order valence-corrected chi connectivity index (χ3v) is 6.14. The lowest BCUT2D eigenvalue weighted by Gasteiger charge is -2.26. The minimum absolute atomic E-state index is 0.00530. The quantitative estimate of drug-likeness (QED) is 0.498. The van der Waals surface area contributed by atoms with Crippen molar-refractivity contribution < 1.29 is 23.4 Å². The summed E-state index contributed by atoms with van der Waals surface area (Å²) in [5, 5.41) is 12.9. The number of carbonyl (C=O) groups excluding carboxylic acids is 1. The van der Waals surface area contributed by atoms with Crippen LogP contribution in [0.5, 0.6) is 0 Å². The number of pyridine rings is 1. The standard InChI is InChI=1S/C28H30F2N4O4/c1-33(2)16-20(35)17-38-26-9-10-31-25-8-6-18(12-22(25)26)14-32-27(36)21-4-3-11-34(28(21)37)15-19-5-7-23(29)24(30)13-19/h3-7,9-13,20,25,35H,8,14-17H2,1-2H3,(H,32,36). The Morgan fingerprint density at radius 2 is 2.11 bits per heavy atom. The normalized spacial score (nSPS) is 17.3. The van der Waals surface area contributed by atoms with Crippen molar-refractivity contribution in [3.05, 3.63) is 105 Å². The van der Waals surface area contributed by atoms with Crippen LogP contribution >= 0.6 is 0 Å². The van der Waals surface area contributed by atoms with Gasteiger partial charge in [-0.2, -0.15) is 0 Å². The first-order chi connectivity index (χ1) is 18.2. The summed E-state index contributed by atoms with van der Waals surface area (Å²) < 4.78 is 33.9. The topological polar surface area (TPSA) is 96.2 Å². The van der Waals surface area contributed by atoms with E-state index >= 15 is 0 Å². The van der Waals surface area contributed by atoms with Crippen molar-refractivity contribution in [2.45, 2.75) is 25.1 Å². The van der Waals surface area contributed by atoms with Gasteiger partial charge in [0, 0.05) is 31.1 Å². The van der Waals surface area contributed by atoms with Crippen LogP contribution in [0.1, 0.15) is 22.3 Å².